The molecule has 2 atom stereocenters. The average Bonchev–Trinajstić information content (AvgIpc) is 2.32. The molecule has 0 saturated heterocycles. The van der Waals surface area contributed by atoms with Crippen LogP contribution in [0.2, 0.25) is 0 Å². The molecule has 0 bridgehead atoms. The van der Waals surface area contributed by atoms with Gasteiger partial charge in [-0.25, -0.2) is 0 Å². The van der Waals surface area contributed by atoms with Crippen molar-refractivity contribution in [3.8, 4) is 0 Å². The third-order valence-corrected chi connectivity index (χ3v) is 5.59. The highest BCUT2D eigenvalue weighted by molar-refractivity contribution is 8.12. The van der Waals surface area contributed by atoms with Gasteiger partial charge in [0.1, 0.15) is 5.75 Å². The molecule has 0 aliphatic heterocycles. The molecule has 0 fully saturated rings. The Bertz CT molecular complexity index is 161. The molecule has 0 amide bonds. The zero-order chi connectivity index (χ0) is 12.9. The molecule has 0 radical (unpaired) electrons. The van der Waals surface area contributed by atoms with Crippen molar-refractivity contribution >= 4 is 22.9 Å². The maximum atomic E-state index is 11.5. The van der Waals surface area contributed by atoms with Gasteiger partial charge in [0.25, 0.3) is 0 Å². The molecule has 0 heterocycles. The summed E-state index contributed by atoms with van der Waals surface area (Å²) in [6.45, 7) is 2.15. The van der Waals surface area contributed by atoms with Crippen molar-refractivity contribution in [3.63, 3.8) is 0 Å². The van der Waals surface area contributed by atoms with Gasteiger partial charge in [-0.2, -0.15) is 0 Å². The molecule has 1 unspecified atom stereocenters. The molecule has 3 nitrogen and oxygen atoms in total. The molecule has 0 rings (SSSR count). The SMILES string of the molecule is CCCCCCCCSC[S+]([O-])C[C@@H](N)CO. The van der Waals surface area contributed by atoms with Gasteiger partial charge in [-0.1, -0.05) is 39.0 Å². The van der Waals surface area contributed by atoms with Crippen LogP contribution >= 0.6 is 11.8 Å². The number of aliphatic hydroxyl groups is 1. The van der Waals surface area contributed by atoms with E-state index in [2.05, 4.69) is 6.92 Å². The maximum absolute atomic E-state index is 11.5. The highest BCUT2D eigenvalue weighted by Crippen LogP contribution is 2.12. The summed E-state index contributed by atoms with van der Waals surface area (Å²) in [4.78, 5) is 0. The molecule has 0 aromatic rings. The van der Waals surface area contributed by atoms with Gasteiger partial charge in [0, 0.05) is 0 Å². The molecular weight excluding hydrogens is 254 g/mol. The van der Waals surface area contributed by atoms with Crippen LogP contribution in [-0.4, -0.2) is 38.9 Å². The number of rotatable bonds is 12. The zero-order valence-corrected chi connectivity index (χ0v) is 12.5. The minimum Gasteiger partial charge on any atom is -0.616 e. The topological polar surface area (TPSA) is 69.3 Å². The van der Waals surface area contributed by atoms with Crippen LogP contribution in [0.1, 0.15) is 45.4 Å². The van der Waals surface area contributed by atoms with E-state index >= 15 is 0 Å². The van der Waals surface area contributed by atoms with Gasteiger partial charge >= 0.3 is 0 Å². The van der Waals surface area contributed by atoms with Gasteiger partial charge < -0.3 is 15.4 Å². The molecule has 5 heteroatoms. The fourth-order valence-corrected chi connectivity index (χ4v) is 4.07. The number of nitrogens with two attached hydrogens (primary N) is 1. The Kier molecular flexibility index (Phi) is 13.5. The van der Waals surface area contributed by atoms with Crippen LogP contribution in [0.5, 0.6) is 0 Å². The van der Waals surface area contributed by atoms with Crippen LogP contribution < -0.4 is 5.73 Å². The first-order chi connectivity index (χ1) is 8.20. The number of unbranched alkanes of at least 4 members (excludes halogenated alkanes) is 5. The van der Waals surface area contributed by atoms with Crippen molar-refractivity contribution < 1.29 is 9.66 Å². The summed E-state index contributed by atoms with van der Waals surface area (Å²) >= 11 is 0.858. The Morgan fingerprint density at radius 1 is 1.24 bits per heavy atom. The highest BCUT2D eigenvalue weighted by Gasteiger charge is 2.11. The molecule has 0 aliphatic carbocycles. The summed E-state index contributed by atoms with van der Waals surface area (Å²) in [6, 6.07) is -0.328. The predicted molar refractivity (Wildman–Crippen MR) is 78.8 cm³/mol. The van der Waals surface area contributed by atoms with E-state index < -0.39 is 11.2 Å². The van der Waals surface area contributed by atoms with Crippen LogP contribution in [0, 0.1) is 0 Å². The first-order valence-corrected chi connectivity index (χ1v) is 9.14. The Labute approximate surface area is 113 Å². The van der Waals surface area contributed by atoms with Crippen LogP contribution in [-0.2, 0) is 11.2 Å². The molecule has 3 N–H and O–H groups in total. The molecule has 17 heavy (non-hydrogen) atoms. The van der Waals surface area contributed by atoms with E-state index in [1.54, 1.807) is 11.8 Å². The van der Waals surface area contributed by atoms with Gasteiger partial charge in [-0.15, -0.1) is 11.8 Å². The summed E-state index contributed by atoms with van der Waals surface area (Å²) in [5.41, 5.74) is 5.52. The lowest BCUT2D eigenvalue weighted by atomic mass is 10.1. The van der Waals surface area contributed by atoms with Crippen molar-refractivity contribution in [2.75, 3.05) is 23.2 Å². The van der Waals surface area contributed by atoms with Crippen molar-refractivity contribution in [2.24, 2.45) is 5.73 Å². The first-order valence-electron chi connectivity index (χ1n) is 6.49. The van der Waals surface area contributed by atoms with Crippen molar-refractivity contribution in [1.29, 1.82) is 0 Å². The predicted octanol–water partition coefficient (Wildman–Crippen LogP) is 2.11. The first kappa shape index (κ1) is 17.6. The van der Waals surface area contributed by atoms with Crippen LogP contribution in [0.15, 0.2) is 0 Å². The highest BCUT2D eigenvalue weighted by atomic mass is 32.3. The number of hydrogen-bond donors (Lipinski definition) is 2. The molecule has 104 valence electrons. The fraction of sp³-hybridized carbons (Fsp3) is 1.00. The summed E-state index contributed by atoms with van der Waals surface area (Å²) in [5, 5.41) is 9.39. The second-order valence-corrected chi connectivity index (χ2v) is 7.32. The summed E-state index contributed by atoms with van der Waals surface area (Å²) in [6.07, 6.45) is 7.81. The third-order valence-electron chi connectivity index (χ3n) is 2.49. The van der Waals surface area contributed by atoms with Gasteiger partial charge in [0.15, 0.2) is 5.08 Å². The van der Waals surface area contributed by atoms with E-state index in [0.717, 1.165) is 5.75 Å². The zero-order valence-electron chi connectivity index (χ0n) is 10.9. The monoisotopic (exact) mass is 281 g/mol. The largest absolute Gasteiger partial charge is 0.616 e. The van der Waals surface area contributed by atoms with E-state index in [1.807, 2.05) is 0 Å². The van der Waals surface area contributed by atoms with E-state index in [4.69, 9.17) is 10.8 Å². The molecule has 0 spiro atoms. The average molecular weight is 281 g/mol. The standard InChI is InChI=1S/C12H27NO2S2/c1-2-3-4-5-6-7-8-16-11-17(15)10-12(13)9-14/h12,14H,2-11,13H2,1H3/t12-,17?/m0/s1. The Balaban J connectivity index is 3.16. The normalized spacial score (nSPS) is 14.8. The Hall–Kier alpha value is 0.580. The van der Waals surface area contributed by atoms with Crippen molar-refractivity contribution in [2.45, 2.75) is 51.5 Å². The van der Waals surface area contributed by atoms with Crippen LogP contribution in [0.3, 0.4) is 0 Å². The number of hydrogen-bond acceptors (Lipinski definition) is 4. The smallest absolute Gasteiger partial charge is 0.151 e. The van der Waals surface area contributed by atoms with Gasteiger partial charge in [-0.3, -0.25) is 0 Å². The lowest BCUT2D eigenvalue weighted by Crippen LogP contribution is -2.33. The molecule has 0 saturated carbocycles. The fourth-order valence-electron chi connectivity index (χ4n) is 1.48. The van der Waals surface area contributed by atoms with Gasteiger partial charge in [0.2, 0.25) is 0 Å². The third kappa shape index (κ3) is 12.8. The van der Waals surface area contributed by atoms with E-state index in [-0.39, 0.29) is 12.6 Å². The van der Waals surface area contributed by atoms with E-state index in [0.29, 0.717) is 10.8 Å². The second-order valence-electron chi connectivity index (χ2n) is 4.34. The van der Waals surface area contributed by atoms with E-state index in [1.165, 1.54) is 38.5 Å². The van der Waals surface area contributed by atoms with Gasteiger partial charge in [0.05, 0.1) is 12.6 Å². The second kappa shape index (κ2) is 13.0. The van der Waals surface area contributed by atoms with Crippen molar-refractivity contribution in [1.82, 2.24) is 0 Å². The van der Waals surface area contributed by atoms with Crippen LogP contribution in [0.4, 0.5) is 0 Å². The maximum Gasteiger partial charge on any atom is 0.151 e. The minimum absolute atomic E-state index is 0.0756. The quantitative estimate of drug-likeness (QED) is 0.424. The minimum atomic E-state index is -0.882. The molecule has 0 aromatic carbocycles. The number of thioether (sulfide) groups is 1. The van der Waals surface area contributed by atoms with Gasteiger partial charge in [-0.05, 0) is 23.3 Å². The molecule has 0 aromatic heterocycles. The Morgan fingerprint density at radius 3 is 2.53 bits per heavy atom. The van der Waals surface area contributed by atoms with Crippen molar-refractivity contribution in [3.05, 3.63) is 0 Å². The Morgan fingerprint density at radius 2 is 1.88 bits per heavy atom. The lowest BCUT2D eigenvalue weighted by molar-refractivity contribution is 0.274. The number of aliphatic hydroxyl groups excluding tert-OH is 1. The summed E-state index contributed by atoms with van der Waals surface area (Å²) in [5.74, 6) is 1.51. The summed E-state index contributed by atoms with van der Waals surface area (Å²) < 4.78 is 11.5. The molecular formula is C12H27NO2S2. The van der Waals surface area contributed by atoms with E-state index in [9.17, 15) is 4.55 Å². The van der Waals surface area contributed by atoms with Crippen LogP contribution in [0.25, 0.3) is 0 Å². The summed E-state index contributed by atoms with van der Waals surface area (Å²) in [7, 11) is 0. The molecule has 0 aliphatic rings. The lowest BCUT2D eigenvalue weighted by Gasteiger charge is -2.13.